The highest BCUT2D eigenvalue weighted by molar-refractivity contribution is 7.98. The van der Waals surface area contributed by atoms with Crippen LogP contribution >= 0.6 is 23.1 Å². The molecule has 0 fully saturated rings. The van der Waals surface area contributed by atoms with Crippen molar-refractivity contribution >= 4 is 23.1 Å². The molecule has 0 radical (unpaired) electrons. The maximum atomic E-state index is 5.32. The highest BCUT2D eigenvalue weighted by Crippen LogP contribution is 2.30. The standard InChI is InChI=1S/C25H23N5OS2/c1-29-23(15-22-9-6-14-32-22)26-27-25(29)33-17-19-16-30(20-7-4-3-5-8-20)28-24(19)18-10-12-21(31-2)13-11-18/h3-14,16H,15,17H2,1-2H3. The van der Waals surface area contributed by atoms with Gasteiger partial charge in [-0.1, -0.05) is 36.0 Å². The third kappa shape index (κ3) is 4.72. The summed E-state index contributed by atoms with van der Waals surface area (Å²) in [4.78, 5) is 1.29. The van der Waals surface area contributed by atoms with Gasteiger partial charge in [-0.25, -0.2) is 4.68 Å². The Morgan fingerprint density at radius 1 is 0.970 bits per heavy atom. The van der Waals surface area contributed by atoms with Crippen molar-refractivity contribution < 1.29 is 4.74 Å². The van der Waals surface area contributed by atoms with Crippen molar-refractivity contribution in [3.63, 3.8) is 0 Å². The molecule has 0 saturated heterocycles. The zero-order valence-corrected chi connectivity index (χ0v) is 20.0. The van der Waals surface area contributed by atoms with Crippen LogP contribution in [0.2, 0.25) is 0 Å². The third-order valence-electron chi connectivity index (χ3n) is 5.37. The average molecular weight is 474 g/mol. The molecule has 5 aromatic rings. The van der Waals surface area contributed by atoms with Gasteiger partial charge in [-0.05, 0) is 47.8 Å². The molecule has 0 atom stereocenters. The molecule has 0 bridgehead atoms. The zero-order valence-electron chi connectivity index (χ0n) is 18.4. The lowest BCUT2D eigenvalue weighted by Crippen LogP contribution is -1.99. The van der Waals surface area contributed by atoms with E-state index in [1.807, 2.05) is 54.2 Å². The number of hydrogen-bond donors (Lipinski definition) is 0. The first-order valence-corrected chi connectivity index (χ1v) is 12.4. The molecule has 0 saturated carbocycles. The average Bonchev–Trinajstić information content (AvgIpc) is 3.60. The Labute approximate surface area is 200 Å². The van der Waals surface area contributed by atoms with Crippen LogP contribution in [0, 0.1) is 0 Å². The van der Waals surface area contributed by atoms with E-state index in [1.54, 1.807) is 30.2 Å². The minimum atomic E-state index is 0.735. The molecule has 0 aliphatic carbocycles. The fourth-order valence-electron chi connectivity index (χ4n) is 3.56. The molecule has 0 amide bonds. The summed E-state index contributed by atoms with van der Waals surface area (Å²) in [6, 6.07) is 22.4. The zero-order chi connectivity index (χ0) is 22.6. The number of rotatable bonds is 8. The fourth-order valence-corrected chi connectivity index (χ4v) is 5.15. The van der Waals surface area contributed by atoms with Crippen molar-refractivity contribution in [2.75, 3.05) is 7.11 Å². The monoisotopic (exact) mass is 473 g/mol. The molecule has 0 aliphatic heterocycles. The third-order valence-corrected chi connectivity index (χ3v) is 7.31. The lowest BCUT2D eigenvalue weighted by Gasteiger charge is -2.05. The lowest BCUT2D eigenvalue weighted by molar-refractivity contribution is 0.415. The number of ether oxygens (including phenoxy) is 1. The second-order valence-electron chi connectivity index (χ2n) is 7.51. The smallest absolute Gasteiger partial charge is 0.191 e. The number of methoxy groups -OCH3 is 1. The minimum Gasteiger partial charge on any atom is -0.497 e. The van der Waals surface area contributed by atoms with Crippen LogP contribution < -0.4 is 4.74 Å². The molecule has 166 valence electrons. The van der Waals surface area contributed by atoms with Crippen LogP contribution in [0.15, 0.2) is 83.5 Å². The van der Waals surface area contributed by atoms with Crippen LogP contribution in [0.3, 0.4) is 0 Å². The van der Waals surface area contributed by atoms with Gasteiger partial charge in [0.25, 0.3) is 0 Å². The molecule has 0 aliphatic rings. The molecule has 33 heavy (non-hydrogen) atoms. The fraction of sp³-hybridized carbons (Fsp3) is 0.160. The Balaban J connectivity index is 1.42. The first-order chi connectivity index (χ1) is 16.2. The molecule has 8 heteroatoms. The van der Waals surface area contributed by atoms with Crippen LogP contribution in [0.5, 0.6) is 5.75 Å². The topological polar surface area (TPSA) is 57.8 Å². The van der Waals surface area contributed by atoms with Crippen LogP contribution in [-0.4, -0.2) is 31.7 Å². The number of thiophene rings is 1. The van der Waals surface area contributed by atoms with Gasteiger partial charge in [-0.2, -0.15) is 5.10 Å². The van der Waals surface area contributed by atoms with Gasteiger partial charge in [0.05, 0.1) is 18.5 Å². The van der Waals surface area contributed by atoms with Gasteiger partial charge in [-0.3, -0.25) is 0 Å². The van der Waals surface area contributed by atoms with Crippen LogP contribution in [0.4, 0.5) is 0 Å². The molecule has 5 rings (SSSR count). The number of aromatic nitrogens is 5. The summed E-state index contributed by atoms with van der Waals surface area (Å²) >= 11 is 3.41. The van der Waals surface area contributed by atoms with Gasteiger partial charge in [0.15, 0.2) is 5.16 Å². The molecule has 3 heterocycles. The molecule has 2 aromatic carbocycles. The van der Waals surface area contributed by atoms with Gasteiger partial charge in [-0.15, -0.1) is 21.5 Å². The summed E-state index contributed by atoms with van der Waals surface area (Å²) in [6.07, 6.45) is 2.90. The largest absolute Gasteiger partial charge is 0.497 e. The Hall–Kier alpha value is -3.36. The van der Waals surface area contributed by atoms with E-state index in [-0.39, 0.29) is 0 Å². The Morgan fingerprint density at radius 3 is 2.52 bits per heavy atom. The van der Waals surface area contributed by atoms with Crippen molar-refractivity contribution in [3.8, 4) is 22.7 Å². The SMILES string of the molecule is COc1ccc(-c2nn(-c3ccccc3)cc2CSc2nnc(Cc3cccs3)n2C)cc1. The number of benzene rings is 2. The van der Waals surface area contributed by atoms with E-state index in [2.05, 4.69) is 50.6 Å². The van der Waals surface area contributed by atoms with E-state index in [9.17, 15) is 0 Å². The molecule has 3 aromatic heterocycles. The normalized spacial score (nSPS) is 11.1. The molecule has 0 spiro atoms. The Morgan fingerprint density at radius 2 is 1.79 bits per heavy atom. The summed E-state index contributed by atoms with van der Waals surface area (Å²) in [5.74, 6) is 2.53. The van der Waals surface area contributed by atoms with Crippen molar-refractivity contribution in [2.45, 2.75) is 17.3 Å². The minimum absolute atomic E-state index is 0.735. The van der Waals surface area contributed by atoms with Crippen molar-refractivity contribution in [1.29, 1.82) is 0 Å². The summed E-state index contributed by atoms with van der Waals surface area (Å²) in [6.45, 7) is 0. The predicted octanol–water partition coefficient (Wildman–Crippen LogP) is 5.62. The second kappa shape index (κ2) is 9.64. The number of thioether (sulfide) groups is 1. The van der Waals surface area contributed by atoms with E-state index in [4.69, 9.17) is 9.84 Å². The molecular weight excluding hydrogens is 450 g/mol. The van der Waals surface area contributed by atoms with Gasteiger partial charge < -0.3 is 9.30 Å². The number of nitrogens with zero attached hydrogens (tertiary/aromatic N) is 5. The predicted molar refractivity (Wildman–Crippen MR) is 133 cm³/mol. The van der Waals surface area contributed by atoms with Crippen molar-refractivity contribution in [3.05, 3.63) is 94.6 Å². The van der Waals surface area contributed by atoms with Crippen molar-refractivity contribution in [2.24, 2.45) is 7.05 Å². The Kier molecular flexibility index (Phi) is 6.28. The highest BCUT2D eigenvalue weighted by Gasteiger charge is 2.16. The first kappa shape index (κ1) is 21.5. The van der Waals surface area contributed by atoms with Gasteiger partial charge >= 0.3 is 0 Å². The lowest BCUT2D eigenvalue weighted by atomic mass is 10.1. The van der Waals surface area contributed by atoms with Crippen LogP contribution in [0.25, 0.3) is 16.9 Å². The van der Waals surface area contributed by atoms with Gasteiger partial charge in [0.2, 0.25) is 0 Å². The number of hydrogen-bond acceptors (Lipinski definition) is 6. The van der Waals surface area contributed by atoms with Crippen LogP contribution in [0.1, 0.15) is 16.3 Å². The van der Waals surface area contributed by atoms with E-state index < -0.39 is 0 Å². The van der Waals surface area contributed by atoms with E-state index >= 15 is 0 Å². The van der Waals surface area contributed by atoms with Crippen molar-refractivity contribution in [1.82, 2.24) is 24.5 Å². The van der Waals surface area contributed by atoms with Crippen LogP contribution in [-0.2, 0) is 19.2 Å². The molecule has 0 N–H and O–H groups in total. The molecule has 6 nitrogen and oxygen atoms in total. The Bertz CT molecular complexity index is 1330. The van der Waals surface area contributed by atoms with E-state index in [0.717, 1.165) is 51.4 Å². The molecular formula is C25H23N5OS2. The van der Waals surface area contributed by atoms with E-state index in [0.29, 0.717) is 0 Å². The van der Waals surface area contributed by atoms with Gasteiger partial charge in [0, 0.05) is 41.4 Å². The molecule has 0 unspecified atom stereocenters. The maximum Gasteiger partial charge on any atom is 0.191 e. The summed E-state index contributed by atoms with van der Waals surface area (Å²) < 4.78 is 9.34. The summed E-state index contributed by atoms with van der Waals surface area (Å²) in [7, 11) is 3.71. The van der Waals surface area contributed by atoms with Gasteiger partial charge in [0.1, 0.15) is 11.6 Å². The summed E-state index contributed by atoms with van der Waals surface area (Å²) in [5.41, 5.74) is 4.17. The number of para-hydroxylation sites is 1. The second-order valence-corrected chi connectivity index (χ2v) is 9.49. The summed E-state index contributed by atoms with van der Waals surface area (Å²) in [5, 5.41) is 16.8. The highest BCUT2D eigenvalue weighted by atomic mass is 32.2. The first-order valence-electron chi connectivity index (χ1n) is 10.5. The van der Waals surface area contributed by atoms with E-state index in [1.165, 1.54) is 4.88 Å². The maximum absolute atomic E-state index is 5.32. The quantitative estimate of drug-likeness (QED) is 0.274.